The lowest BCUT2D eigenvalue weighted by Gasteiger charge is -2.26. The average Bonchev–Trinajstić information content (AvgIpc) is 2.18. The molecule has 0 N–H and O–H groups in total. The Balaban J connectivity index is 2.54. The quantitative estimate of drug-likeness (QED) is 0.671. The van der Waals surface area contributed by atoms with Crippen LogP contribution in [0.1, 0.15) is 17.8 Å². The van der Waals surface area contributed by atoms with Crippen LogP contribution in [0.2, 0.25) is 0 Å². The summed E-state index contributed by atoms with van der Waals surface area (Å²) in [5, 5.41) is 0. The zero-order valence-electron chi connectivity index (χ0n) is 8.87. The van der Waals surface area contributed by atoms with E-state index >= 15 is 0 Å². The molecule has 0 amide bonds. The van der Waals surface area contributed by atoms with Gasteiger partial charge < -0.3 is 9.64 Å². The lowest BCUT2D eigenvalue weighted by molar-refractivity contribution is 0.388. The summed E-state index contributed by atoms with van der Waals surface area (Å²) in [5.41, 5.74) is 1.15. The standard InChI is InChI=1S/C10H15N3O/c1-7-11-9-8(10(12-7)14-3)5-4-6-13(9)2/h4-6H2,1-3H3. The average molecular weight is 193 g/mol. The number of anilines is 1. The summed E-state index contributed by atoms with van der Waals surface area (Å²) in [5.74, 6) is 2.54. The summed E-state index contributed by atoms with van der Waals surface area (Å²) in [7, 11) is 3.72. The van der Waals surface area contributed by atoms with Gasteiger partial charge in [-0.25, -0.2) is 4.98 Å². The van der Waals surface area contributed by atoms with Crippen molar-refractivity contribution >= 4 is 5.82 Å². The molecule has 0 spiro atoms. The molecule has 1 aromatic heterocycles. The summed E-state index contributed by atoms with van der Waals surface area (Å²) >= 11 is 0. The minimum atomic E-state index is 0.735. The highest BCUT2D eigenvalue weighted by molar-refractivity contribution is 5.53. The molecular formula is C10H15N3O. The summed E-state index contributed by atoms with van der Waals surface area (Å²) in [4.78, 5) is 10.9. The Morgan fingerprint density at radius 2 is 2.14 bits per heavy atom. The smallest absolute Gasteiger partial charge is 0.221 e. The van der Waals surface area contributed by atoms with Gasteiger partial charge in [0.2, 0.25) is 5.88 Å². The fourth-order valence-corrected chi connectivity index (χ4v) is 1.86. The number of aryl methyl sites for hydroxylation is 1. The number of aromatic nitrogens is 2. The molecule has 0 fully saturated rings. The minimum Gasteiger partial charge on any atom is -0.481 e. The van der Waals surface area contributed by atoms with Crippen molar-refractivity contribution in [1.29, 1.82) is 0 Å². The molecule has 1 aliphatic rings. The number of hydrogen-bond donors (Lipinski definition) is 0. The summed E-state index contributed by atoms with van der Waals surface area (Å²) in [6.07, 6.45) is 2.16. The number of rotatable bonds is 1. The molecule has 1 aliphatic heterocycles. The van der Waals surface area contributed by atoms with Crippen LogP contribution in [0.5, 0.6) is 5.88 Å². The largest absolute Gasteiger partial charge is 0.481 e. The Kier molecular flexibility index (Phi) is 2.27. The van der Waals surface area contributed by atoms with E-state index in [0.29, 0.717) is 0 Å². The van der Waals surface area contributed by atoms with Crippen LogP contribution in [0.3, 0.4) is 0 Å². The second-order valence-corrected chi connectivity index (χ2v) is 3.61. The molecule has 2 rings (SSSR count). The van der Waals surface area contributed by atoms with E-state index < -0.39 is 0 Å². The van der Waals surface area contributed by atoms with Crippen LogP contribution in [0, 0.1) is 6.92 Å². The molecule has 0 aliphatic carbocycles. The van der Waals surface area contributed by atoms with Crippen LogP contribution in [0.25, 0.3) is 0 Å². The van der Waals surface area contributed by atoms with Crippen molar-refractivity contribution in [2.45, 2.75) is 19.8 Å². The van der Waals surface area contributed by atoms with Gasteiger partial charge in [-0.15, -0.1) is 0 Å². The number of methoxy groups -OCH3 is 1. The molecule has 0 bridgehead atoms. The van der Waals surface area contributed by atoms with Crippen LogP contribution < -0.4 is 9.64 Å². The van der Waals surface area contributed by atoms with Gasteiger partial charge in [0, 0.05) is 13.6 Å². The van der Waals surface area contributed by atoms with Crippen molar-refractivity contribution < 1.29 is 4.74 Å². The number of hydrogen-bond acceptors (Lipinski definition) is 4. The normalized spacial score (nSPS) is 15.2. The van der Waals surface area contributed by atoms with E-state index in [1.54, 1.807) is 7.11 Å². The van der Waals surface area contributed by atoms with E-state index in [2.05, 4.69) is 21.9 Å². The molecule has 0 saturated heterocycles. The molecule has 0 radical (unpaired) electrons. The molecule has 76 valence electrons. The van der Waals surface area contributed by atoms with Crippen molar-refractivity contribution in [1.82, 2.24) is 9.97 Å². The molecule has 4 nitrogen and oxygen atoms in total. The molecule has 0 aromatic carbocycles. The lowest BCUT2D eigenvalue weighted by Crippen LogP contribution is -2.27. The van der Waals surface area contributed by atoms with E-state index in [9.17, 15) is 0 Å². The van der Waals surface area contributed by atoms with Gasteiger partial charge in [-0.2, -0.15) is 4.98 Å². The maximum atomic E-state index is 5.26. The maximum Gasteiger partial charge on any atom is 0.221 e. The molecule has 0 atom stereocenters. The van der Waals surface area contributed by atoms with Crippen LogP contribution in [-0.4, -0.2) is 30.7 Å². The molecule has 1 aromatic rings. The predicted octanol–water partition coefficient (Wildman–Crippen LogP) is 1.18. The zero-order chi connectivity index (χ0) is 10.1. The Hall–Kier alpha value is -1.32. The van der Waals surface area contributed by atoms with Crippen LogP contribution >= 0.6 is 0 Å². The zero-order valence-corrected chi connectivity index (χ0v) is 8.87. The highest BCUT2D eigenvalue weighted by Gasteiger charge is 2.20. The van der Waals surface area contributed by atoms with Crippen LogP contribution in [-0.2, 0) is 6.42 Å². The van der Waals surface area contributed by atoms with Gasteiger partial charge in [-0.3, -0.25) is 0 Å². The highest BCUT2D eigenvalue weighted by Crippen LogP contribution is 2.30. The fraction of sp³-hybridized carbons (Fsp3) is 0.600. The monoisotopic (exact) mass is 193 g/mol. The Bertz CT molecular complexity index is 351. The summed E-state index contributed by atoms with van der Waals surface area (Å²) < 4.78 is 5.26. The fourth-order valence-electron chi connectivity index (χ4n) is 1.86. The second kappa shape index (κ2) is 3.44. The van der Waals surface area contributed by atoms with Crippen LogP contribution in [0.15, 0.2) is 0 Å². The van der Waals surface area contributed by atoms with E-state index in [1.807, 2.05) is 6.92 Å². The van der Waals surface area contributed by atoms with E-state index in [4.69, 9.17) is 4.74 Å². The van der Waals surface area contributed by atoms with Gasteiger partial charge in [0.15, 0.2) is 0 Å². The number of nitrogens with zero attached hydrogens (tertiary/aromatic N) is 3. The van der Waals surface area contributed by atoms with Crippen molar-refractivity contribution in [2.75, 3.05) is 25.6 Å². The first-order chi connectivity index (χ1) is 6.72. The molecular weight excluding hydrogens is 178 g/mol. The van der Waals surface area contributed by atoms with E-state index in [0.717, 1.165) is 42.5 Å². The molecule has 2 heterocycles. The highest BCUT2D eigenvalue weighted by atomic mass is 16.5. The van der Waals surface area contributed by atoms with Crippen molar-refractivity contribution in [2.24, 2.45) is 0 Å². The molecule has 0 unspecified atom stereocenters. The van der Waals surface area contributed by atoms with Crippen molar-refractivity contribution in [3.63, 3.8) is 0 Å². The number of ether oxygens (including phenoxy) is 1. The first kappa shape index (κ1) is 9.24. The van der Waals surface area contributed by atoms with E-state index in [1.165, 1.54) is 0 Å². The van der Waals surface area contributed by atoms with Gasteiger partial charge in [0.1, 0.15) is 11.6 Å². The molecule has 0 saturated carbocycles. The van der Waals surface area contributed by atoms with Crippen molar-refractivity contribution in [3.8, 4) is 5.88 Å². The molecule has 14 heavy (non-hydrogen) atoms. The Labute approximate surface area is 83.9 Å². The summed E-state index contributed by atoms with van der Waals surface area (Å²) in [6, 6.07) is 0. The maximum absolute atomic E-state index is 5.26. The first-order valence-corrected chi connectivity index (χ1v) is 4.85. The topological polar surface area (TPSA) is 38.3 Å². The minimum absolute atomic E-state index is 0.735. The first-order valence-electron chi connectivity index (χ1n) is 4.85. The Morgan fingerprint density at radius 1 is 1.36 bits per heavy atom. The number of fused-ring (bicyclic) bond motifs is 1. The van der Waals surface area contributed by atoms with E-state index in [-0.39, 0.29) is 0 Å². The second-order valence-electron chi connectivity index (χ2n) is 3.61. The Morgan fingerprint density at radius 3 is 2.86 bits per heavy atom. The molecule has 4 heteroatoms. The van der Waals surface area contributed by atoms with Gasteiger partial charge in [0.05, 0.1) is 12.7 Å². The predicted molar refractivity (Wildman–Crippen MR) is 54.9 cm³/mol. The lowest BCUT2D eigenvalue weighted by atomic mass is 10.1. The van der Waals surface area contributed by atoms with Gasteiger partial charge in [-0.1, -0.05) is 0 Å². The third-order valence-electron chi connectivity index (χ3n) is 2.53. The van der Waals surface area contributed by atoms with Crippen molar-refractivity contribution in [3.05, 3.63) is 11.4 Å². The van der Waals surface area contributed by atoms with Gasteiger partial charge in [0.25, 0.3) is 0 Å². The summed E-state index contributed by atoms with van der Waals surface area (Å²) in [6.45, 7) is 2.96. The van der Waals surface area contributed by atoms with Gasteiger partial charge in [-0.05, 0) is 19.8 Å². The SMILES string of the molecule is COc1nc(C)nc2c1CCCN2C. The third kappa shape index (κ3) is 1.41. The van der Waals surface area contributed by atoms with Crippen LogP contribution in [0.4, 0.5) is 5.82 Å². The van der Waals surface area contributed by atoms with Gasteiger partial charge >= 0.3 is 0 Å². The third-order valence-corrected chi connectivity index (χ3v) is 2.53.